The lowest BCUT2D eigenvalue weighted by molar-refractivity contribution is 0.475. The van der Waals surface area contributed by atoms with Gasteiger partial charge in [-0.3, -0.25) is 4.68 Å². The van der Waals surface area contributed by atoms with Gasteiger partial charge in [0.25, 0.3) is 0 Å². The average Bonchev–Trinajstić information content (AvgIpc) is 2.69. The maximum Gasteiger partial charge on any atom is 0.161 e. The Morgan fingerprint density at radius 2 is 2.06 bits per heavy atom. The molecule has 0 aliphatic heterocycles. The fraction of sp³-hybridized carbons (Fsp3) is 0.357. The molecule has 0 bridgehead atoms. The van der Waals surface area contributed by atoms with Gasteiger partial charge >= 0.3 is 0 Å². The van der Waals surface area contributed by atoms with E-state index in [4.69, 9.17) is 0 Å². The summed E-state index contributed by atoms with van der Waals surface area (Å²) >= 11 is 0. The summed E-state index contributed by atoms with van der Waals surface area (Å²) in [5.41, 5.74) is 3.04. The second-order valence-corrected chi connectivity index (χ2v) is 4.27. The Labute approximate surface area is 102 Å². The molecule has 0 saturated heterocycles. The normalized spacial score (nSPS) is 10.7. The maximum atomic E-state index is 9.93. The Bertz CT molecular complexity index is 503. The standard InChI is InChI=1S/C14H18N2O/c1-3-4-9-16-14(13(17)10-15-16)12-8-6-5-7-11(12)2/h5-8,10,17H,3-4,9H2,1-2H3. The highest BCUT2D eigenvalue weighted by molar-refractivity contribution is 5.69. The predicted molar refractivity (Wildman–Crippen MR) is 69.0 cm³/mol. The number of hydrogen-bond donors (Lipinski definition) is 1. The molecule has 17 heavy (non-hydrogen) atoms. The molecule has 1 aromatic heterocycles. The summed E-state index contributed by atoms with van der Waals surface area (Å²) in [4.78, 5) is 0. The molecule has 0 unspecified atom stereocenters. The number of rotatable bonds is 4. The Morgan fingerprint density at radius 3 is 2.76 bits per heavy atom. The molecule has 0 saturated carbocycles. The fourth-order valence-corrected chi connectivity index (χ4v) is 1.97. The monoisotopic (exact) mass is 230 g/mol. The Hall–Kier alpha value is -1.77. The average molecular weight is 230 g/mol. The van der Waals surface area contributed by atoms with Gasteiger partial charge in [-0.1, -0.05) is 37.6 Å². The van der Waals surface area contributed by atoms with Crippen molar-refractivity contribution in [2.75, 3.05) is 0 Å². The van der Waals surface area contributed by atoms with Gasteiger partial charge in [0.2, 0.25) is 0 Å². The number of hydrogen-bond acceptors (Lipinski definition) is 2. The summed E-state index contributed by atoms with van der Waals surface area (Å²) < 4.78 is 1.89. The van der Waals surface area contributed by atoms with E-state index in [1.54, 1.807) is 0 Å². The van der Waals surface area contributed by atoms with Gasteiger partial charge < -0.3 is 5.11 Å². The molecule has 3 nitrogen and oxygen atoms in total. The Kier molecular flexibility index (Phi) is 3.47. The van der Waals surface area contributed by atoms with Gasteiger partial charge in [0, 0.05) is 12.1 Å². The molecule has 90 valence electrons. The smallest absolute Gasteiger partial charge is 0.161 e. The van der Waals surface area contributed by atoms with E-state index in [2.05, 4.69) is 12.0 Å². The number of unbranched alkanes of at least 4 members (excludes halogenated alkanes) is 1. The van der Waals surface area contributed by atoms with Crippen LogP contribution in [-0.2, 0) is 6.54 Å². The van der Waals surface area contributed by atoms with Crippen LogP contribution >= 0.6 is 0 Å². The van der Waals surface area contributed by atoms with Crippen LogP contribution in [0.2, 0.25) is 0 Å². The molecule has 0 aliphatic rings. The maximum absolute atomic E-state index is 9.93. The molecule has 0 atom stereocenters. The summed E-state index contributed by atoms with van der Waals surface area (Å²) in [5.74, 6) is 0.260. The lowest BCUT2D eigenvalue weighted by Crippen LogP contribution is -2.02. The molecule has 0 spiro atoms. The van der Waals surface area contributed by atoms with Gasteiger partial charge in [0.1, 0.15) is 5.69 Å². The van der Waals surface area contributed by atoms with E-state index in [-0.39, 0.29) is 5.75 Å². The quantitative estimate of drug-likeness (QED) is 0.874. The first-order valence-corrected chi connectivity index (χ1v) is 6.04. The molecule has 0 radical (unpaired) electrons. The van der Waals surface area contributed by atoms with E-state index < -0.39 is 0 Å². The first-order valence-electron chi connectivity index (χ1n) is 6.04. The van der Waals surface area contributed by atoms with E-state index in [0.29, 0.717) is 0 Å². The summed E-state index contributed by atoms with van der Waals surface area (Å²) in [5, 5.41) is 14.2. The van der Waals surface area contributed by atoms with Crippen LogP contribution in [-0.4, -0.2) is 14.9 Å². The predicted octanol–water partition coefficient (Wildman–Crippen LogP) is 3.36. The van der Waals surface area contributed by atoms with E-state index >= 15 is 0 Å². The highest BCUT2D eigenvalue weighted by atomic mass is 16.3. The lowest BCUT2D eigenvalue weighted by Gasteiger charge is -2.09. The topological polar surface area (TPSA) is 38.0 Å². The molecule has 3 heteroatoms. The van der Waals surface area contributed by atoms with Crippen molar-refractivity contribution in [3.05, 3.63) is 36.0 Å². The van der Waals surface area contributed by atoms with E-state index in [1.807, 2.05) is 35.9 Å². The van der Waals surface area contributed by atoms with Crippen LogP contribution in [0.5, 0.6) is 5.75 Å². The van der Waals surface area contributed by atoms with Gasteiger partial charge in [-0.25, -0.2) is 0 Å². The molecule has 1 heterocycles. The summed E-state index contributed by atoms with van der Waals surface area (Å²) in [6, 6.07) is 8.06. The van der Waals surface area contributed by atoms with Crippen molar-refractivity contribution in [2.24, 2.45) is 0 Å². The third kappa shape index (κ3) is 2.33. The van der Waals surface area contributed by atoms with Gasteiger partial charge in [-0.05, 0) is 18.9 Å². The highest BCUT2D eigenvalue weighted by Crippen LogP contribution is 2.31. The van der Waals surface area contributed by atoms with Crippen molar-refractivity contribution in [2.45, 2.75) is 33.2 Å². The van der Waals surface area contributed by atoms with Crippen LogP contribution in [0, 0.1) is 6.92 Å². The molecule has 1 aromatic carbocycles. The minimum atomic E-state index is 0.260. The van der Waals surface area contributed by atoms with Crippen molar-refractivity contribution < 1.29 is 5.11 Å². The van der Waals surface area contributed by atoms with Crippen LogP contribution in [0.1, 0.15) is 25.3 Å². The number of aromatic hydroxyl groups is 1. The zero-order chi connectivity index (χ0) is 12.3. The van der Waals surface area contributed by atoms with Crippen molar-refractivity contribution in [3.63, 3.8) is 0 Å². The molecule has 1 N–H and O–H groups in total. The van der Waals surface area contributed by atoms with Crippen molar-refractivity contribution in [1.82, 2.24) is 9.78 Å². The second-order valence-electron chi connectivity index (χ2n) is 4.27. The summed E-state index contributed by atoms with van der Waals surface area (Å²) in [6.45, 7) is 5.05. The Balaban J connectivity index is 2.44. The Morgan fingerprint density at radius 1 is 1.29 bits per heavy atom. The van der Waals surface area contributed by atoms with E-state index in [9.17, 15) is 5.11 Å². The van der Waals surface area contributed by atoms with Crippen LogP contribution in [0.3, 0.4) is 0 Å². The molecule has 2 aromatic rings. The zero-order valence-corrected chi connectivity index (χ0v) is 10.3. The molecular formula is C14H18N2O. The molecule has 0 amide bonds. The van der Waals surface area contributed by atoms with Crippen molar-refractivity contribution in [1.29, 1.82) is 0 Å². The second kappa shape index (κ2) is 5.04. The van der Waals surface area contributed by atoms with Gasteiger partial charge in [0.15, 0.2) is 5.75 Å². The molecule has 0 fully saturated rings. The van der Waals surface area contributed by atoms with Gasteiger partial charge in [-0.2, -0.15) is 5.10 Å². The first-order chi connectivity index (χ1) is 8.24. The van der Waals surface area contributed by atoms with Crippen LogP contribution in [0.15, 0.2) is 30.5 Å². The van der Waals surface area contributed by atoms with Gasteiger partial charge in [0.05, 0.1) is 6.20 Å². The fourth-order valence-electron chi connectivity index (χ4n) is 1.97. The van der Waals surface area contributed by atoms with Crippen molar-refractivity contribution in [3.8, 4) is 17.0 Å². The third-order valence-corrected chi connectivity index (χ3v) is 2.94. The lowest BCUT2D eigenvalue weighted by atomic mass is 10.1. The molecular weight excluding hydrogens is 212 g/mol. The number of nitrogens with zero attached hydrogens (tertiary/aromatic N) is 2. The van der Waals surface area contributed by atoms with E-state index in [0.717, 1.165) is 36.2 Å². The largest absolute Gasteiger partial charge is 0.504 e. The SMILES string of the molecule is CCCCn1ncc(O)c1-c1ccccc1C. The first kappa shape index (κ1) is 11.7. The molecule has 0 aliphatic carbocycles. The minimum Gasteiger partial charge on any atom is -0.504 e. The van der Waals surface area contributed by atoms with Crippen LogP contribution in [0.25, 0.3) is 11.3 Å². The number of aryl methyl sites for hydroxylation is 2. The minimum absolute atomic E-state index is 0.260. The van der Waals surface area contributed by atoms with Crippen LogP contribution in [0.4, 0.5) is 0 Å². The van der Waals surface area contributed by atoms with Crippen molar-refractivity contribution >= 4 is 0 Å². The highest BCUT2D eigenvalue weighted by Gasteiger charge is 2.13. The summed E-state index contributed by atoms with van der Waals surface area (Å²) in [7, 11) is 0. The summed E-state index contributed by atoms with van der Waals surface area (Å²) in [6.07, 6.45) is 3.71. The van der Waals surface area contributed by atoms with Crippen LogP contribution < -0.4 is 0 Å². The number of benzene rings is 1. The van der Waals surface area contributed by atoms with E-state index in [1.165, 1.54) is 6.20 Å². The van der Waals surface area contributed by atoms with Gasteiger partial charge in [-0.15, -0.1) is 0 Å². The molecule has 2 rings (SSSR count). The zero-order valence-electron chi connectivity index (χ0n) is 10.3. The third-order valence-electron chi connectivity index (χ3n) is 2.94. The number of aromatic nitrogens is 2.